The number of hydrogen-bond acceptors (Lipinski definition) is 4. The number of carbonyl (C=O) groups is 2. The highest BCUT2D eigenvalue weighted by atomic mass is 16.2. The minimum atomic E-state index is -0.973. The summed E-state index contributed by atoms with van der Waals surface area (Å²) in [5, 5.41) is 2.44. The first-order valence-corrected chi connectivity index (χ1v) is 4.44. The molecule has 0 aliphatic heterocycles. The first-order chi connectivity index (χ1) is 6.05. The molecule has 0 saturated heterocycles. The zero-order valence-corrected chi connectivity index (χ0v) is 9.18. The lowest BCUT2D eigenvalue weighted by atomic mass is 10.0. The molecule has 0 aliphatic carbocycles. The summed E-state index contributed by atoms with van der Waals surface area (Å²) in [5.74, 6) is -0.592. The summed E-state index contributed by atoms with van der Waals surface area (Å²) in [5.41, 5.74) is 9.16. The number of carbonyl (C=O) groups excluding carboxylic acids is 2. The van der Waals surface area contributed by atoms with Crippen LogP contribution in [-0.4, -0.2) is 29.3 Å². The SMILES string of the molecule is CC(C)(N)C(=O)CNC(=O)C(C)(C)N. The zero-order chi connectivity index (χ0) is 11.6. The Kier molecular flexibility index (Phi) is 3.79. The van der Waals surface area contributed by atoms with Crippen LogP contribution in [-0.2, 0) is 9.59 Å². The van der Waals surface area contributed by atoms with Gasteiger partial charge in [-0.25, -0.2) is 0 Å². The van der Waals surface area contributed by atoms with Gasteiger partial charge in [-0.1, -0.05) is 0 Å². The lowest BCUT2D eigenvalue weighted by molar-refractivity contribution is -0.129. The van der Waals surface area contributed by atoms with E-state index in [9.17, 15) is 9.59 Å². The summed E-state index contributed by atoms with van der Waals surface area (Å²) in [6.45, 7) is 6.24. The maximum Gasteiger partial charge on any atom is 0.239 e. The number of ketones is 1. The summed E-state index contributed by atoms with van der Waals surface area (Å²) in [6.07, 6.45) is 0. The molecular formula is C9H19N3O2. The van der Waals surface area contributed by atoms with Gasteiger partial charge in [0.2, 0.25) is 5.91 Å². The Labute approximate surface area is 84.2 Å². The second-order valence-electron chi connectivity index (χ2n) is 4.55. The summed E-state index contributed by atoms with van der Waals surface area (Å²) < 4.78 is 0. The molecule has 5 N–H and O–H groups in total. The maximum absolute atomic E-state index is 11.3. The van der Waals surface area contributed by atoms with E-state index in [0.29, 0.717) is 0 Å². The fourth-order valence-corrected chi connectivity index (χ4v) is 0.616. The number of Topliss-reactive ketones (excluding diaryl/α,β-unsaturated/α-hetero) is 1. The van der Waals surface area contributed by atoms with Crippen molar-refractivity contribution in [2.75, 3.05) is 6.54 Å². The quantitative estimate of drug-likeness (QED) is 0.551. The fraction of sp³-hybridized carbons (Fsp3) is 0.778. The van der Waals surface area contributed by atoms with Crippen molar-refractivity contribution in [1.29, 1.82) is 0 Å². The zero-order valence-electron chi connectivity index (χ0n) is 9.18. The molecule has 0 fully saturated rings. The predicted molar refractivity (Wildman–Crippen MR) is 54.5 cm³/mol. The van der Waals surface area contributed by atoms with Crippen molar-refractivity contribution in [3.05, 3.63) is 0 Å². The number of amides is 1. The highest BCUT2D eigenvalue weighted by Gasteiger charge is 2.25. The van der Waals surface area contributed by atoms with E-state index in [1.54, 1.807) is 27.7 Å². The Morgan fingerprint density at radius 2 is 1.50 bits per heavy atom. The molecule has 1 amide bonds. The molecule has 0 spiro atoms. The maximum atomic E-state index is 11.3. The van der Waals surface area contributed by atoms with Crippen molar-refractivity contribution < 1.29 is 9.59 Å². The molecule has 0 rings (SSSR count). The van der Waals surface area contributed by atoms with E-state index in [2.05, 4.69) is 5.32 Å². The Morgan fingerprint density at radius 1 is 1.07 bits per heavy atom. The third kappa shape index (κ3) is 4.34. The molecule has 0 aliphatic rings. The lowest BCUT2D eigenvalue weighted by Crippen LogP contribution is -2.53. The molecule has 5 nitrogen and oxygen atoms in total. The molecule has 0 aromatic heterocycles. The Balaban J connectivity index is 4.10. The van der Waals surface area contributed by atoms with Crippen molar-refractivity contribution in [2.24, 2.45) is 11.5 Å². The molecule has 0 radical (unpaired) electrons. The number of rotatable bonds is 4. The second kappa shape index (κ2) is 4.06. The van der Waals surface area contributed by atoms with Gasteiger partial charge in [-0.15, -0.1) is 0 Å². The van der Waals surface area contributed by atoms with E-state index >= 15 is 0 Å². The number of nitrogens with one attached hydrogen (secondary N) is 1. The van der Waals surface area contributed by atoms with Gasteiger partial charge in [0.25, 0.3) is 0 Å². The molecule has 0 unspecified atom stereocenters. The van der Waals surface area contributed by atoms with Gasteiger partial charge in [0.05, 0.1) is 17.6 Å². The van der Waals surface area contributed by atoms with Gasteiger partial charge >= 0.3 is 0 Å². The van der Waals surface area contributed by atoms with Gasteiger partial charge < -0.3 is 16.8 Å². The molecule has 14 heavy (non-hydrogen) atoms. The highest BCUT2D eigenvalue weighted by molar-refractivity contribution is 5.94. The Bertz CT molecular complexity index is 209. The van der Waals surface area contributed by atoms with Gasteiger partial charge in [-0.3, -0.25) is 9.59 Å². The molecule has 0 heterocycles. The summed E-state index contributed by atoms with van der Waals surface area (Å²) in [7, 11) is 0. The van der Waals surface area contributed by atoms with Crippen LogP contribution < -0.4 is 16.8 Å². The highest BCUT2D eigenvalue weighted by Crippen LogP contribution is 1.99. The molecule has 0 saturated carbocycles. The minimum absolute atomic E-state index is 0.0804. The van der Waals surface area contributed by atoms with Crippen LogP contribution >= 0.6 is 0 Å². The molecule has 0 aromatic rings. The summed E-state index contributed by atoms with van der Waals surface area (Å²) in [6, 6.07) is 0. The van der Waals surface area contributed by atoms with Crippen LogP contribution in [0.1, 0.15) is 27.7 Å². The standard InChI is InChI=1S/C9H19N3O2/c1-8(2,10)6(13)5-12-7(14)9(3,4)11/h5,10-11H2,1-4H3,(H,12,14). The Hall–Kier alpha value is -0.940. The van der Waals surface area contributed by atoms with E-state index in [0.717, 1.165) is 0 Å². The first kappa shape index (κ1) is 13.1. The van der Waals surface area contributed by atoms with Crippen LogP contribution in [0.2, 0.25) is 0 Å². The first-order valence-electron chi connectivity index (χ1n) is 4.44. The normalized spacial score (nSPS) is 12.4. The van der Waals surface area contributed by atoms with Crippen LogP contribution in [0, 0.1) is 0 Å². The molecule has 0 atom stereocenters. The van der Waals surface area contributed by atoms with Gasteiger partial charge in [-0.2, -0.15) is 0 Å². The Morgan fingerprint density at radius 3 is 1.79 bits per heavy atom. The van der Waals surface area contributed by atoms with Gasteiger partial charge in [-0.05, 0) is 27.7 Å². The van der Waals surface area contributed by atoms with Gasteiger partial charge in [0.1, 0.15) is 0 Å². The third-order valence-electron chi connectivity index (χ3n) is 1.71. The molecular weight excluding hydrogens is 182 g/mol. The average molecular weight is 201 g/mol. The van der Waals surface area contributed by atoms with E-state index in [1.165, 1.54) is 0 Å². The van der Waals surface area contributed by atoms with Crippen molar-refractivity contribution in [3.63, 3.8) is 0 Å². The monoisotopic (exact) mass is 201 g/mol. The van der Waals surface area contributed by atoms with Crippen molar-refractivity contribution in [3.8, 4) is 0 Å². The van der Waals surface area contributed by atoms with Crippen molar-refractivity contribution in [2.45, 2.75) is 38.8 Å². The smallest absolute Gasteiger partial charge is 0.239 e. The van der Waals surface area contributed by atoms with Gasteiger partial charge in [0.15, 0.2) is 5.78 Å². The van der Waals surface area contributed by atoms with Crippen LogP contribution in [0.4, 0.5) is 0 Å². The van der Waals surface area contributed by atoms with E-state index < -0.39 is 11.1 Å². The molecule has 0 aromatic carbocycles. The van der Waals surface area contributed by atoms with Crippen LogP contribution in [0.15, 0.2) is 0 Å². The molecule has 5 heteroatoms. The van der Waals surface area contributed by atoms with E-state index in [-0.39, 0.29) is 18.2 Å². The summed E-state index contributed by atoms with van der Waals surface area (Å²) >= 11 is 0. The number of nitrogens with two attached hydrogens (primary N) is 2. The minimum Gasteiger partial charge on any atom is -0.347 e. The largest absolute Gasteiger partial charge is 0.347 e. The molecule has 82 valence electrons. The number of hydrogen-bond donors (Lipinski definition) is 3. The summed E-state index contributed by atoms with van der Waals surface area (Å²) in [4.78, 5) is 22.6. The van der Waals surface area contributed by atoms with Crippen molar-refractivity contribution >= 4 is 11.7 Å². The van der Waals surface area contributed by atoms with Crippen LogP contribution in [0.3, 0.4) is 0 Å². The van der Waals surface area contributed by atoms with Gasteiger partial charge in [0, 0.05) is 0 Å². The lowest BCUT2D eigenvalue weighted by Gasteiger charge is -2.20. The van der Waals surface area contributed by atoms with Crippen LogP contribution in [0.25, 0.3) is 0 Å². The third-order valence-corrected chi connectivity index (χ3v) is 1.71. The molecule has 0 bridgehead atoms. The predicted octanol–water partition coefficient (Wildman–Crippen LogP) is -0.854. The average Bonchev–Trinajstić information content (AvgIpc) is 1.95. The van der Waals surface area contributed by atoms with E-state index in [1.807, 2.05) is 0 Å². The van der Waals surface area contributed by atoms with Crippen molar-refractivity contribution in [1.82, 2.24) is 5.32 Å². The van der Waals surface area contributed by atoms with Crippen LogP contribution in [0.5, 0.6) is 0 Å². The van der Waals surface area contributed by atoms with E-state index in [4.69, 9.17) is 11.5 Å². The second-order valence-corrected chi connectivity index (χ2v) is 4.55. The topological polar surface area (TPSA) is 98.2 Å². The fourth-order valence-electron chi connectivity index (χ4n) is 0.616.